The number of benzene rings is 1. The Balaban J connectivity index is 1.46. The third kappa shape index (κ3) is 6.21. The van der Waals surface area contributed by atoms with Gasteiger partial charge in [-0.05, 0) is 29.7 Å². The minimum absolute atomic E-state index is 0.0416. The second-order valence-electron chi connectivity index (χ2n) is 8.74. The van der Waals surface area contributed by atoms with Gasteiger partial charge >= 0.3 is 0 Å². The molecule has 3 amide bonds. The number of nitrogen functional groups attached to an aromatic ring is 1. The number of nitrogens with two attached hydrogens (primary N) is 1. The Morgan fingerprint density at radius 1 is 1.38 bits per heavy atom. The maximum atomic E-state index is 13.1. The first-order chi connectivity index (χ1) is 19.1. The average Bonchev–Trinajstić information content (AvgIpc) is 3.38. The van der Waals surface area contributed by atoms with Crippen LogP contribution in [0.15, 0.2) is 46.1 Å². The van der Waals surface area contributed by atoms with Crippen LogP contribution in [0.1, 0.15) is 18.2 Å². The van der Waals surface area contributed by atoms with E-state index < -0.39 is 23.2 Å². The number of hydrogen-bond acceptors (Lipinski definition) is 12. The molecule has 0 saturated carbocycles. The Labute approximate surface area is 242 Å². The summed E-state index contributed by atoms with van der Waals surface area (Å²) in [7, 11) is 2.93. The summed E-state index contributed by atoms with van der Waals surface area (Å²) >= 11 is 3.52. The van der Waals surface area contributed by atoms with E-state index in [0.717, 1.165) is 34.2 Å². The molecule has 2 aliphatic rings. The van der Waals surface area contributed by atoms with Gasteiger partial charge < -0.3 is 20.8 Å². The van der Waals surface area contributed by atoms with Gasteiger partial charge in [0.15, 0.2) is 22.2 Å². The number of anilines is 2. The number of allylic oxidation sites excluding steroid dienone is 1. The molecule has 2 atom stereocenters. The minimum atomic E-state index is -0.858. The maximum absolute atomic E-state index is 13.1. The summed E-state index contributed by atoms with van der Waals surface area (Å²) in [6.07, 6.45) is 1.05. The number of fused-ring (bicyclic) bond motifs is 1. The molecule has 0 aliphatic carbocycles. The first-order valence-electron chi connectivity index (χ1n) is 11.9. The highest BCUT2D eigenvalue weighted by Crippen LogP contribution is 2.40. The van der Waals surface area contributed by atoms with E-state index in [4.69, 9.17) is 10.6 Å². The molecule has 2 unspecified atom stereocenters. The van der Waals surface area contributed by atoms with E-state index in [9.17, 15) is 24.0 Å². The Bertz CT molecular complexity index is 1420. The van der Waals surface area contributed by atoms with Gasteiger partial charge in [0.25, 0.3) is 11.8 Å². The van der Waals surface area contributed by atoms with Gasteiger partial charge in [0.1, 0.15) is 24.2 Å². The van der Waals surface area contributed by atoms with Crippen LogP contribution >= 0.6 is 34.9 Å². The van der Waals surface area contributed by atoms with Crippen molar-refractivity contribution < 1.29 is 28.8 Å². The van der Waals surface area contributed by atoms with Crippen molar-refractivity contribution in [1.82, 2.24) is 15.2 Å². The molecule has 12 nitrogen and oxygen atoms in total. The number of amides is 3. The highest BCUT2D eigenvalue weighted by Gasteiger charge is 2.52. The summed E-state index contributed by atoms with van der Waals surface area (Å²) in [5, 5.41) is 7.64. The van der Waals surface area contributed by atoms with E-state index in [1.54, 1.807) is 18.5 Å². The van der Waals surface area contributed by atoms with Gasteiger partial charge in [-0.25, -0.2) is 4.98 Å². The maximum Gasteiger partial charge on any atom is 0.276 e. The van der Waals surface area contributed by atoms with E-state index >= 15 is 0 Å². The summed E-state index contributed by atoms with van der Waals surface area (Å²) in [6, 6.07) is 6.45. The Morgan fingerprint density at radius 2 is 2.15 bits per heavy atom. The molecule has 210 valence electrons. The number of nitrogens with one attached hydrogen (secondary N) is 1. The van der Waals surface area contributed by atoms with Crippen LogP contribution in [0.3, 0.4) is 0 Å². The zero-order chi connectivity index (χ0) is 29.0. The third-order valence-corrected chi connectivity index (χ3v) is 8.95. The molecule has 3 N–H and O–H groups in total. The predicted octanol–water partition coefficient (Wildman–Crippen LogP) is 1.41. The lowest BCUT2D eigenvalue weighted by molar-refractivity contribution is -0.145. The molecular weight excluding hydrogens is 577 g/mol. The molecule has 2 aliphatic heterocycles. The molecule has 1 aromatic carbocycles. The fourth-order valence-electron chi connectivity index (χ4n) is 4.16. The van der Waals surface area contributed by atoms with Crippen molar-refractivity contribution in [2.24, 2.45) is 5.16 Å². The number of aromatic nitrogens is 1. The van der Waals surface area contributed by atoms with E-state index in [-0.39, 0.29) is 39.0 Å². The first-order valence-corrected chi connectivity index (χ1v) is 14.8. The van der Waals surface area contributed by atoms with Crippen molar-refractivity contribution in [3.05, 3.63) is 52.2 Å². The highest BCUT2D eigenvalue weighted by molar-refractivity contribution is 8.14. The van der Waals surface area contributed by atoms with Gasteiger partial charge in [-0.3, -0.25) is 28.9 Å². The minimum Gasteiger partial charge on any atom is -0.398 e. The number of β-lactam (4-membered cyclic amide) rings is 1. The van der Waals surface area contributed by atoms with E-state index in [1.807, 2.05) is 18.2 Å². The van der Waals surface area contributed by atoms with Crippen LogP contribution in [-0.2, 0) is 35.2 Å². The Morgan fingerprint density at radius 3 is 2.80 bits per heavy atom. The van der Waals surface area contributed by atoms with Gasteiger partial charge in [0, 0.05) is 30.8 Å². The third-order valence-electron chi connectivity index (χ3n) is 6.14. The standard InChI is InChI=1S/C25H26N6O6S3/c1-13(33)38-12-19(34)30(2)16-6-4-5-14(8-16)7-15-10-39-24-21(23(36)31(24)18(15)9-32)28-22(35)20(29-37-3)17-11-40-25(26)27-17/h4-6,8-9,11,21,24H,7,10,12H2,1-3H3,(H2,26,27)(H,28,35)/b29-20-. The number of oxime groups is 1. The number of carbonyl (C=O) groups excluding carboxylic acids is 5. The number of thioether (sulfide) groups is 2. The quantitative estimate of drug-likeness (QED) is 0.176. The molecule has 0 radical (unpaired) electrons. The molecule has 0 bridgehead atoms. The fraction of sp³-hybridized carbons (Fsp3) is 0.320. The van der Waals surface area contributed by atoms with Crippen LogP contribution in [0.2, 0.25) is 0 Å². The highest BCUT2D eigenvalue weighted by atomic mass is 32.2. The summed E-state index contributed by atoms with van der Waals surface area (Å²) in [5.74, 6) is -0.769. The largest absolute Gasteiger partial charge is 0.398 e. The molecule has 3 heterocycles. The van der Waals surface area contributed by atoms with Gasteiger partial charge in [0.05, 0.1) is 11.4 Å². The first kappa shape index (κ1) is 29.3. The average molecular weight is 603 g/mol. The number of rotatable bonds is 10. The number of aldehydes is 1. The molecule has 1 fully saturated rings. The fourth-order valence-corrected chi connectivity index (χ4v) is 6.60. The topological polar surface area (TPSA) is 164 Å². The molecule has 1 saturated heterocycles. The van der Waals surface area contributed by atoms with Crippen molar-refractivity contribution >= 4 is 80.5 Å². The van der Waals surface area contributed by atoms with Crippen LogP contribution < -0.4 is 16.0 Å². The summed E-state index contributed by atoms with van der Waals surface area (Å²) in [4.78, 5) is 73.5. The van der Waals surface area contributed by atoms with Crippen LogP contribution in [0.25, 0.3) is 0 Å². The Kier molecular flexibility index (Phi) is 9.27. The normalized spacial score (nSPS) is 18.5. The van der Waals surface area contributed by atoms with Crippen LogP contribution in [0.4, 0.5) is 10.8 Å². The molecule has 0 spiro atoms. The van der Waals surface area contributed by atoms with Crippen molar-refractivity contribution in [2.45, 2.75) is 24.8 Å². The molecule has 15 heteroatoms. The van der Waals surface area contributed by atoms with Gasteiger partial charge in [0.2, 0.25) is 5.91 Å². The summed E-state index contributed by atoms with van der Waals surface area (Å²) < 4.78 is 0. The Hall–Kier alpha value is -3.69. The van der Waals surface area contributed by atoms with Gasteiger partial charge in [-0.2, -0.15) is 0 Å². The number of nitrogens with zero attached hydrogens (tertiary/aromatic N) is 4. The van der Waals surface area contributed by atoms with Crippen molar-refractivity contribution in [1.29, 1.82) is 0 Å². The van der Waals surface area contributed by atoms with E-state index in [1.165, 1.54) is 35.6 Å². The predicted molar refractivity (Wildman–Crippen MR) is 155 cm³/mol. The monoisotopic (exact) mass is 602 g/mol. The van der Waals surface area contributed by atoms with Crippen LogP contribution in [0.5, 0.6) is 0 Å². The lowest BCUT2D eigenvalue weighted by Gasteiger charge is -2.49. The van der Waals surface area contributed by atoms with Crippen molar-refractivity contribution in [2.75, 3.05) is 36.3 Å². The summed E-state index contributed by atoms with van der Waals surface area (Å²) in [5.41, 5.74) is 8.31. The van der Waals surface area contributed by atoms with E-state index in [0.29, 0.717) is 24.1 Å². The van der Waals surface area contributed by atoms with E-state index in [2.05, 4.69) is 15.5 Å². The SMILES string of the molecule is CO/N=C(\C(=O)NC1C(=O)N2C(C=O)=C(Cc3cccc(N(C)C(=O)CSC(C)=O)c3)CSC12)c1csc(N)n1. The molecular formula is C25H26N6O6S3. The zero-order valence-corrected chi connectivity index (χ0v) is 24.2. The molecule has 2 aromatic rings. The summed E-state index contributed by atoms with van der Waals surface area (Å²) in [6.45, 7) is 1.41. The van der Waals surface area contributed by atoms with Crippen molar-refractivity contribution in [3.63, 3.8) is 0 Å². The number of hydrogen-bond donors (Lipinski definition) is 2. The zero-order valence-electron chi connectivity index (χ0n) is 21.8. The molecule has 1 aromatic heterocycles. The van der Waals surface area contributed by atoms with Gasteiger partial charge in [-0.1, -0.05) is 29.1 Å². The number of thiazole rings is 1. The smallest absolute Gasteiger partial charge is 0.276 e. The lowest BCUT2D eigenvalue weighted by Crippen LogP contribution is -2.70. The van der Waals surface area contributed by atoms with Gasteiger partial charge in [-0.15, -0.1) is 23.1 Å². The molecule has 40 heavy (non-hydrogen) atoms. The lowest BCUT2D eigenvalue weighted by atomic mass is 9.99. The van der Waals surface area contributed by atoms with Crippen LogP contribution in [-0.4, -0.2) is 81.8 Å². The van der Waals surface area contributed by atoms with Crippen LogP contribution in [0, 0.1) is 0 Å². The second-order valence-corrected chi connectivity index (χ2v) is 11.9. The van der Waals surface area contributed by atoms with Crippen molar-refractivity contribution in [3.8, 4) is 0 Å². The second kappa shape index (κ2) is 12.7. The molecule has 4 rings (SSSR count). The number of carbonyl (C=O) groups is 5.